The van der Waals surface area contributed by atoms with E-state index in [2.05, 4.69) is 23.3 Å². The molecule has 8 heteroatoms. The number of nitrogen functional groups attached to an aromatic ring is 1. The second kappa shape index (κ2) is 10.8. The summed E-state index contributed by atoms with van der Waals surface area (Å²) in [4.78, 5) is 40.6. The van der Waals surface area contributed by atoms with Crippen LogP contribution in [-0.2, 0) is 20.1 Å². The topological polar surface area (TPSA) is 102 Å². The maximum atomic E-state index is 13.1. The number of hydrogen-bond acceptors (Lipinski definition) is 6. The Kier molecular flexibility index (Phi) is 8.13. The lowest BCUT2D eigenvalue weighted by molar-refractivity contribution is 0.100. The van der Waals surface area contributed by atoms with Crippen LogP contribution in [0.15, 0.2) is 33.9 Å². The molecule has 0 amide bonds. The van der Waals surface area contributed by atoms with E-state index in [1.165, 1.54) is 43.7 Å². The molecule has 3 N–H and O–H groups in total. The molecule has 1 aliphatic carbocycles. The predicted molar refractivity (Wildman–Crippen MR) is 133 cm³/mol. The number of benzene rings is 1. The zero-order chi connectivity index (χ0) is 24.1. The Morgan fingerprint density at radius 1 is 1.18 bits per heavy atom. The Hall–Kier alpha value is -2.87. The Labute approximate surface area is 195 Å². The number of carbonyl (C=O) groups is 1. The van der Waals surface area contributed by atoms with Crippen molar-refractivity contribution in [3.63, 3.8) is 0 Å². The summed E-state index contributed by atoms with van der Waals surface area (Å²) in [5.41, 5.74) is 6.80. The van der Waals surface area contributed by atoms with E-state index in [4.69, 9.17) is 5.73 Å². The van der Waals surface area contributed by atoms with Gasteiger partial charge in [0.1, 0.15) is 11.4 Å². The highest BCUT2D eigenvalue weighted by molar-refractivity contribution is 6.02. The summed E-state index contributed by atoms with van der Waals surface area (Å²) in [6, 6.07) is 8.50. The van der Waals surface area contributed by atoms with Crippen LogP contribution in [-0.4, -0.2) is 39.5 Å². The van der Waals surface area contributed by atoms with Crippen LogP contribution >= 0.6 is 0 Å². The van der Waals surface area contributed by atoms with Crippen molar-refractivity contribution in [2.45, 2.75) is 65.1 Å². The molecule has 1 fully saturated rings. The molecule has 1 saturated carbocycles. The first-order valence-corrected chi connectivity index (χ1v) is 11.8. The minimum Gasteiger partial charge on any atom is -0.384 e. The molecule has 1 heterocycles. The molecule has 180 valence electrons. The molecule has 1 aromatic heterocycles. The lowest BCUT2D eigenvalue weighted by atomic mass is 9.94. The van der Waals surface area contributed by atoms with E-state index in [1.54, 1.807) is 0 Å². The maximum absolute atomic E-state index is 13.1. The summed E-state index contributed by atoms with van der Waals surface area (Å²) in [6.07, 6.45) is 6.31. The summed E-state index contributed by atoms with van der Waals surface area (Å²) in [5.74, 6) is -0.355. The Balaban J connectivity index is 1.79. The molecule has 0 spiro atoms. The van der Waals surface area contributed by atoms with Crippen molar-refractivity contribution in [1.29, 1.82) is 0 Å². The van der Waals surface area contributed by atoms with Crippen molar-refractivity contribution in [3.05, 3.63) is 56.2 Å². The van der Waals surface area contributed by atoms with Gasteiger partial charge in [-0.05, 0) is 37.4 Å². The molecule has 2 aromatic rings. The summed E-state index contributed by atoms with van der Waals surface area (Å²) in [6.45, 7) is 4.93. The van der Waals surface area contributed by atoms with Crippen LogP contribution in [0.5, 0.6) is 0 Å². The highest BCUT2D eigenvalue weighted by atomic mass is 16.2. The molecule has 0 unspecified atom stereocenters. The van der Waals surface area contributed by atoms with Gasteiger partial charge in [-0.15, -0.1) is 0 Å². The van der Waals surface area contributed by atoms with Crippen LogP contribution in [0.4, 0.5) is 11.5 Å². The Morgan fingerprint density at radius 2 is 1.85 bits per heavy atom. The predicted octanol–water partition coefficient (Wildman–Crippen LogP) is 2.84. The van der Waals surface area contributed by atoms with Crippen molar-refractivity contribution in [2.24, 2.45) is 13.0 Å². The number of Topliss-reactive ketones (excluding diaryl/α,β-unsaturated/α-hetero) is 1. The number of nitrogens with two attached hydrogens (primary N) is 1. The van der Waals surface area contributed by atoms with Gasteiger partial charge in [0.15, 0.2) is 5.78 Å². The van der Waals surface area contributed by atoms with Gasteiger partial charge in [-0.1, -0.05) is 51.3 Å². The third-order valence-electron chi connectivity index (χ3n) is 6.48. The van der Waals surface area contributed by atoms with Gasteiger partial charge in [-0.25, -0.2) is 4.79 Å². The minimum atomic E-state index is -0.658. The number of rotatable bonds is 9. The van der Waals surface area contributed by atoms with E-state index in [1.807, 2.05) is 32.0 Å². The minimum absolute atomic E-state index is 0.0612. The first-order valence-electron chi connectivity index (χ1n) is 11.8. The quantitative estimate of drug-likeness (QED) is 0.564. The first-order chi connectivity index (χ1) is 15.7. The molecule has 0 aliphatic heterocycles. The maximum Gasteiger partial charge on any atom is 0.332 e. The third-order valence-corrected chi connectivity index (χ3v) is 6.48. The van der Waals surface area contributed by atoms with Gasteiger partial charge in [0.25, 0.3) is 5.56 Å². The van der Waals surface area contributed by atoms with Gasteiger partial charge in [-0.3, -0.25) is 23.6 Å². The first kappa shape index (κ1) is 24.8. The number of aromatic nitrogens is 2. The highest BCUT2D eigenvalue weighted by Crippen LogP contribution is 2.25. The molecule has 0 atom stereocenters. The fourth-order valence-electron chi connectivity index (χ4n) is 4.60. The Morgan fingerprint density at radius 3 is 2.52 bits per heavy atom. The average molecular weight is 456 g/mol. The molecule has 1 aliphatic rings. The van der Waals surface area contributed by atoms with Crippen molar-refractivity contribution in [1.82, 2.24) is 14.0 Å². The van der Waals surface area contributed by atoms with Crippen molar-refractivity contribution in [2.75, 3.05) is 24.6 Å². The summed E-state index contributed by atoms with van der Waals surface area (Å²) in [5, 5.41) is 3.20. The fraction of sp³-hybridized carbons (Fsp3) is 0.560. The standard InChI is InChI=1S/C25H37N5O3/c1-17(2)15-30-23(26)22(24(32)29(4)25(30)33)21(31)14-27-20-13-9-8-10-18(20)16-28(3)19-11-6-5-7-12-19/h8-10,13,17,19,27H,5-7,11-12,14-16,26H2,1-4H3. The van der Waals surface area contributed by atoms with Crippen LogP contribution in [0.2, 0.25) is 0 Å². The zero-order valence-corrected chi connectivity index (χ0v) is 20.3. The molecule has 33 heavy (non-hydrogen) atoms. The fourth-order valence-corrected chi connectivity index (χ4v) is 4.60. The lowest BCUT2D eigenvalue weighted by Crippen LogP contribution is -2.43. The van der Waals surface area contributed by atoms with Crippen LogP contribution in [0, 0.1) is 5.92 Å². The average Bonchev–Trinajstić information content (AvgIpc) is 2.80. The SMILES string of the molecule is CC(C)Cn1c(N)c(C(=O)CNc2ccccc2CN(C)C2CCCCC2)c(=O)n(C)c1=O. The summed E-state index contributed by atoms with van der Waals surface area (Å²) in [7, 11) is 3.53. The van der Waals surface area contributed by atoms with E-state index in [0.29, 0.717) is 12.6 Å². The number of ketones is 1. The van der Waals surface area contributed by atoms with Crippen molar-refractivity contribution < 1.29 is 4.79 Å². The molecular weight excluding hydrogens is 418 g/mol. The molecule has 1 aromatic carbocycles. The molecule has 8 nitrogen and oxygen atoms in total. The molecular formula is C25H37N5O3. The van der Waals surface area contributed by atoms with Crippen molar-refractivity contribution in [3.8, 4) is 0 Å². The monoisotopic (exact) mass is 455 g/mol. The van der Waals surface area contributed by atoms with Crippen LogP contribution in [0.1, 0.15) is 61.9 Å². The number of anilines is 2. The van der Waals surface area contributed by atoms with Gasteiger partial charge in [0.2, 0.25) is 0 Å². The summed E-state index contributed by atoms with van der Waals surface area (Å²) >= 11 is 0. The highest BCUT2D eigenvalue weighted by Gasteiger charge is 2.22. The van der Waals surface area contributed by atoms with Gasteiger partial charge in [-0.2, -0.15) is 0 Å². The number of carbonyl (C=O) groups excluding carboxylic acids is 1. The summed E-state index contributed by atoms with van der Waals surface area (Å²) < 4.78 is 2.27. The number of nitrogens with one attached hydrogen (secondary N) is 1. The van der Waals surface area contributed by atoms with Gasteiger partial charge in [0, 0.05) is 31.9 Å². The number of nitrogens with zero attached hydrogens (tertiary/aromatic N) is 3. The lowest BCUT2D eigenvalue weighted by Gasteiger charge is -2.31. The normalized spacial score (nSPS) is 14.7. The van der Waals surface area contributed by atoms with E-state index in [9.17, 15) is 14.4 Å². The third kappa shape index (κ3) is 5.74. The smallest absolute Gasteiger partial charge is 0.332 e. The molecule has 0 radical (unpaired) electrons. The van der Waals surface area contributed by atoms with Gasteiger partial charge >= 0.3 is 5.69 Å². The van der Waals surface area contributed by atoms with Crippen LogP contribution in [0.3, 0.4) is 0 Å². The van der Waals surface area contributed by atoms with E-state index >= 15 is 0 Å². The van der Waals surface area contributed by atoms with Gasteiger partial charge < -0.3 is 11.1 Å². The second-order valence-corrected chi connectivity index (χ2v) is 9.55. The van der Waals surface area contributed by atoms with E-state index in [-0.39, 0.29) is 23.8 Å². The van der Waals surface area contributed by atoms with E-state index < -0.39 is 17.0 Å². The van der Waals surface area contributed by atoms with Crippen molar-refractivity contribution >= 4 is 17.3 Å². The van der Waals surface area contributed by atoms with Crippen LogP contribution < -0.4 is 22.3 Å². The van der Waals surface area contributed by atoms with Gasteiger partial charge in [0.05, 0.1) is 6.54 Å². The molecule has 3 rings (SSSR count). The molecule has 0 bridgehead atoms. The second-order valence-electron chi connectivity index (χ2n) is 9.55. The Bertz CT molecular complexity index is 1100. The van der Waals surface area contributed by atoms with E-state index in [0.717, 1.165) is 22.4 Å². The molecule has 0 saturated heterocycles. The largest absolute Gasteiger partial charge is 0.384 e. The number of para-hydroxylation sites is 1. The van der Waals surface area contributed by atoms with Crippen LogP contribution in [0.25, 0.3) is 0 Å². The number of hydrogen-bond donors (Lipinski definition) is 2. The zero-order valence-electron chi connectivity index (χ0n) is 20.3.